The highest BCUT2D eigenvalue weighted by Gasteiger charge is 2.54. The average Bonchev–Trinajstić information content (AvgIpc) is 3.52. The minimum Gasteiger partial charge on any atom is -0.376 e. The largest absolute Gasteiger partial charge is 0.376 e. The predicted octanol–water partition coefficient (Wildman–Crippen LogP) is 3.33. The van der Waals surface area contributed by atoms with Crippen molar-refractivity contribution in [3.05, 3.63) is 60.0 Å². The lowest BCUT2D eigenvalue weighted by atomic mass is 9.87. The van der Waals surface area contributed by atoms with Gasteiger partial charge in [-0.25, -0.2) is 9.50 Å². The fraction of sp³-hybridized carbons (Fsp3) is 0.500. The minimum atomic E-state index is -0.0785. The lowest BCUT2D eigenvalue weighted by Crippen LogP contribution is -2.38. The molecule has 2 aliphatic heterocycles. The first-order valence-electron chi connectivity index (χ1n) is 11.0. The summed E-state index contributed by atoms with van der Waals surface area (Å²) < 4.78 is 7.81. The predicted molar refractivity (Wildman–Crippen MR) is 119 cm³/mol. The first-order chi connectivity index (χ1) is 14.5. The molecule has 3 aliphatic rings. The second kappa shape index (κ2) is 7.67. The van der Waals surface area contributed by atoms with Gasteiger partial charge in [-0.2, -0.15) is 5.10 Å². The Morgan fingerprint density at radius 3 is 2.43 bits per heavy atom. The summed E-state index contributed by atoms with van der Waals surface area (Å²) in [5, 5.41) is 4.85. The van der Waals surface area contributed by atoms with Crippen LogP contribution in [0.25, 0.3) is 5.65 Å². The van der Waals surface area contributed by atoms with Gasteiger partial charge < -0.3 is 15.4 Å². The molecule has 1 aromatic carbocycles. The zero-order chi connectivity index (χ0) is 20.7. The quantitative estimate of drug-likeness (QED) is 0.708. The molecule has 3 unspecified atom stereocenters. The van der Waals surface area contributed by atoms with Crippen LogP contribution in [0.1, 0.15) is 37.6 Å². The van der Waals surface area contributed by atoms with Gasteiger partial charge in [-0.1, -0.05) is 43.3 Å². The highest BCUT2D eigenvalue weighted by atomic mass is 16.5. The van der Waals surface area contributed by atoms with E-state index in [1.807, 2.05) is 40.9 Å². The molecule has 0 amide bonds. The molecular weight excluding hydrogens is 374 g/mol. The number of nitrogens with two attached hydrogens (primary N) is 1. The molecule has 2 N–H and O–H groups in total. The van der Waals surface area contributed by atoms with E-state index in [9.17, 15) is 0 Å². The summed E-state index contributed by atoms with van der Waals surface area (Å²) >= 11 is 0. The number of hydrogen-bond donors (Lipinski definition) is 1. The number of fused-ring (bicyclic) bond motifs is 3. The molecule has 3 aromatic rings. The van der Waals surface area contributed by atoms with Crippen molar-refractivity contribution in [3.8, 4) is 0 Å². The summed E-state index contributed by atoms with van der Waals surface area (Å²) in [6, 6.07) is 14.4. The number of aromatic nitrogens is 3. The molecule has 4 heterocycles. The van der Waals surface area contributed by atoms with Gasteiger partial charge in [-0.15, -0.1) is 0 Å². The van der Waals surface area contributed by atoms with Crippen molar-refractivity contribution in [2.75, 3.05) is 24.6 Å². The highest BCUT2D eigenvalue weighted by Crippen LogP contribution is 2.46. The summed E-state index contributed by atoms with van der Waals surface area (Å²) in [7, 11) is 0. The van der Waals surface area contributed by atoms with Gasteiger partial charge in [0.15, 0.2) is 11.5 Å². The second-order valence-corrected chi connectivity index (χ2v) is 9.28. The Morgan fingerprint density at radius 2 is 1.87 bits per heavy atom. The van der Waals surface area contributed by atoms with Gasteiger partial charge in [0.2, 0.25) is 0 Å². The summed E-state index contributed by atoms with van der Waals surface area (Å²) in [4.78, 5) is 7.33. The van der Waals surface area contributed by atoms with Gasteiger partial charge in [0.1, 0.15) is 0 Å². The van der Waals surface area contributed by atoms with Crippen LogP contribution >= 0.6 is 0 Å². The van der Waals surface area contributed by atoms with Crippen LogP contribution < -0.4 is 10.6 Å². The van der Waals surface area contributed by atoms with Crippen LogP contribution in [0.3, 0.4) is 0 Å². The van der Waals surface area contributed by atoms with Crippen LogP contribution in [0.2, 0.25) is 0 Å². The standard InChI is InChI=1S/C18H25N5O.C6H6/c1-11-3-4-22(8-11)13-5-12(2)16-20-17(21-23(16)9-13)18-6-14(19)15(7-18)24-10-18;1-2-4-6-5-3-1/h5,9,11,14-15H,3-4,6-8,10,19H2,1-2H3;1-6H/t11?,14?,15-,18?;/m1./s1. The number of pyridine rings is 1. The maximum absolute atomic E-state index is 6.19. The lowest BCUT2D eigenvalue weighted by molar-refractivity contribution is 0.0536. The lowest BCUT2D eigenvalue weighted by Gasteiger charge is -2.25. The van der Waals surface area contributed by atoms with E-state index in [1.54, 1.807) is 0 Å². The van der Waals surface area contributed by atoms with Gasteiger partial charge in [0, 0.05) is 19.1 Å². The number of rotatable bonds is 2. The highest BCUT2D eigenvalue weighted by molar-refractivity contribution is 5.57. The van der Waals surface area contributed by atoms with Crippen LogP contribution in [0.4, 0.5) is 5.69 Å². The molecule has 6 nitrogen and oxygen atoms in total. The third-order valence-corrected chi connectivity index (χ3v) is 6.80. The van der Waals surface area contributed by atoms with Gasteiger partial charge in [0.25, 0.3) is 0 Å². The molecule has 0 radical (unpaired) electrons. The Bertz CT molecular complexity index is 988. The zero-order valence-electron chi connectivity index (χ0n) is 17.9. The van der Waals surface area contributed by atoms with Crippen molar-refractivity contribution in [2.45, 2.75) is 50.7 Å². The number of nitrogens with zero attached hydrogens (tertiary/aromatic N) is 4. The molecule has 2 bridgehead atoms. The smallest absolute Gasteiger partial charge is 0.160 e. The van der Waals surface area contributed by atoms with E-state index in [-0.39, 0.29) is 17.6 Å². The normalized spacial score (nSPS) is 30.0. The van der Waals surface area contributed by atoms with Crippen LogP contribution in [0.15, 0.2) is 48.7 Å². The zero-order valence-corrected chi connectivity index (χ0v) is 17.9. The summed E-state index contributed by atoms with van der Waals surface area (Å²) in [5.74, 6) is 1.67. The molecule has 158 valence electrons. The minimum absolute atomic E-state index is 0.0785. The molecule has 4 atom stereocenters. The Hall–Kier alpha value is -2.44. The fourth-order valence-electron chi connectivity index (χ4n) is 5.10. The number of benzene rings is 1. The van der Waals surface area contributed by atoms with E-state index >= 15 is 0 Å². The maximum atomic E-state index is 6.19. The Labute approximate surface area is 178 Å². The first kappa shape index (κ1) is 19.5. The van der Waals surface area contributed by atoms with Crippen molar-refractivity contribution in [3.63, 3.8) is 0 Å². The van der Waals surface area contributed by atoms with E-state index in [4.69, 9.17) is 20.6 Å². The molecule has 1 saturated carbocycles. The maximum Gasteiger partial charge on any atom is 0.160 e. The summed E-state index contributed by atoms with van der Waals surface area (Å²) in [6.07, 6.45) is 5.47. The van der Waals surface area contributed by atoms with Crippen molar-refractivity contribution >= 4 is 11.3 Å². The summed E-state index contributed by atoms with van der Waals surface area (Å²) in [5.41, 5.74) is 9.50. The molecule has 6 heteroatoms. The van der Waals surface area contributed by atoms with E-state index in [1.165, 1.54) is 17.7 Å². The SMILES string of the molecule is Cc1cc(N2CCC(C)C2)cn2nc(C34CO[C@H](C3)C(N)C4)nc12.c1ccccc1. The van der Waals surface area contributed by atoms with Gasteiger partial charge in [-0.3, -0.25) is 0 Å². The number of aryl methyl sites for hydroxylation is 1. The van der Waals surface area contributed by atoms with Crippen LogP contribution in [-0.2, 0) is 10.2 Å². The van der Waals surface area contributed by atoms with Crippen molar-refractivity contribution < 1.29 is 4.74 Å². The topological polar surface area (TPSA) is 68.7 Å². The molecule has 30 heavy (non-hydrogen) atoms. The van der Waals surface area contributed by atoms with E-state index < -0.39 is 0 Å². The monoisotopic (exact) mass is 405 g/mol. The Morgan fingerprint density at radius 1 is 1.13 bits per heavy atom. The van der Waals surface area contributed by atoms with Crippen LogP contribution in [0.5, 0.6) is 0 Å². The van der Waals surface area contributed by atoms with E-state index in [2.05, 4.69) is 31.0 Å². The van der Waals surface area contributed by atoms with E-state index in [0.717, 1.165) is 43.3 Å². The number of ether oxygens (including phenoxy) is 1. The van der Waals surface area contributed by atoms with Crippen LogP contribution in [-0.4, -0.2) is 46.4 Å². The molecule has 2 aromatic heterocycles. The molecule has 6 rings (SSSR count). The third kappa shape index (κ3) is 3.48. The second-order valence-electron chi connectivity index (χ2n) is 9.28. The molecular formula is C24H31N5O. The van der Waals surface area contributed by atoms with Crippen LogP contribution in [0, 0.1) is 12.8 Å². The molecule has 0 spiro atoms. The third-order valence-electron chi connectivity index (χ3n) is 6.80. The Balaban J connectivity index is 0.000000279. The van der Waals surface area contributed by atoms with Gasteiger partial charge in [0.05, 0.1) is 30.0 Å². The van der Waals surface area contributed by atoms with Gasteiger partial charge >= 0.3 is 0 Å². The summed E-state index contributed by atoms with van der Waals surface area (Å²) in [6.45, 7) is 7.40. The Kier molecular flexibility index (Phi) is 4.99. The molecule has 1 aliphatic carbocycles. The molecule has 3 fully saturated rings. The number of anilines is 1. The molecule has 2 saturated heterocycles. The van der Waals surface area contributed by atoms with Gasteiger partial charge in [-0.05, 0) is 43.7 Å². The fourth-order valence-corrected chi connectivity index (χ4v) is 5.10. The van der Waals surface area contributed by atoms with Crippen molar-refractivity contribution in [2.24, 2.45) is 11.7 Å². The average molecular weight is 406 g/mol. The number of hydrogen-bond acceptors (Lipinski definition) is 5. The van der Waals surface area contributed by atoms with Crippen molar-refractivity contribution in [1.29, 1.82) is 0 Å². The van der Waals surface area contributed by atoms with E-state index in [0.29, 0.717) is 6.61 Å². The van der Waals surface area contributed by atoms with Crippen molar-refractivity contribution in [1.82, 2.24) is 14.6 Å². The first-order valence-corrected chi connectivity index (χ1v) is 11.0.